The highest BCUT2D eigenvalue weighted by Crippen LogP contribution is 2.15. The van der Waals surface area contributed by atoms with Crippen molar-refractivity contribution in [3.8, 4) is 5.88 Å². The molecule has 54 valence electrons. The van der Waals surface area contributed by atoms with E-state index in [-0.39, 0.29) is 28.9 Å². The third-order valence-corrected chi connectivity index (χ3v) is 1.23. The number of fused-ring (bicyclic) bond motifs is 1. The Labute approximate surface area is 78.0 Å². The summed E-state index contributed by atoms with van der Waals surface area (Å²) in [5, 5.41) is 15.9. The van der Waals surface area contributed by atoms with E-state index in [0.29, 0.717) is 11.0 Å². The van der Waals surface area contributed by atoms with Crippen molar-refractivity contribution in [2.75, 3.05) is 0 Å². The van der Waals surface area contributed by atoms with Crippen LogP contribution in [0.25, 0.3) is 11.0 Å². The molecule has 0 fully saturated rings. The smallest absolute Gasteiger partial charge is 0.316 e. The van der Waals surface area contributed by atoms with Gasteiger partial charge in [-0.05, 0) is 0 Å². The molecule has 6 heteroatoms. The maximum absolute atomic E-state index is 9.05. The topological polar surface area (TPSA) is 74.7 Å². The Morgan fingerprint density at radius 1 is 1.36 bits per heavy atom. The van der Waals surface area contributed by atoms with Crippen LogP contribution in [0.5, 0.6) is 5.88 Å². The average Bonchev–Trinajstić information content (AvgIpc) is 2.36. The summed E-state index contributed by atoms with van der Waals surface area (Å²) in [6, 6.07) is 0. The highest BCUT2D eigenvalue weighted by molar-refractivity contribution is 5.78. The summed E-state index contributed by atoms with van der Waals surface area (Å²) in [7, 11) is 0. The van der Waals surface area contributed by atoms with Crippen molar-refractivity contribution >= 4 is 34.1 Å². The summed E-state index contributed by atoms with van der Waals surface area (Å²) in [6.07, 6.45) is 2.75. The van der Waals surface area contributed by atoms with Crippen LogP contribution in [0.3, 0.4) is 0 Å². The van der Waals surface area contributed by atoms with Crippen LogP contribution in [0.4, 0.5) is 0 Å². The predicted octanol–water partition coefficient (Wildman–Crippen LogP) is -0.858. The van der Waals surface area contributed by atoms with Crippen molar-refractivity contribution < 1.29 is 5.11 Å². The highest BCUT2D eigenvalue weighted by Gasteiger charge is 2.00. The van der Waals surface area contributed by atoms with Crippen LogP contribution >= 0.6 is 0 Å². The molecule has 2 aromatic heterocycles. The second kappa shape index (κ2) is 3.01. The zero-order valence-electron chi connectivity index (χ0n) is 4.94. The predicted molar refractivity (Wildman–Crippen MR) is 41.9 cm³/mol. The van der Waals surface area contributed by atoms with Crippen LogP contribution in [0, 0.1) is 0 Å². The molecule has 0 bridgehead atoms. The Bertz CT molecular complexity index is 360. The summed E-state index contributed by atoms with van der Waals surface area (Å²) >= 11 is 0. The molecule has 0 spiro atoms. The Morgan fingerprint density at radius 2 is 2.18 bits per heavy atom. The number of aromatic amines is 1. The Balaban J connectivity index is 0.000000605. The van der Waals surface area contributed by atoms with Gasteiger partial charge in [0.1, 0.15) is 11.7 Å². The molecule has 5 nitrogen and oxygen atoms in total. The van der Waals surface area contributed by atoms with Gasteiger partial charge in [0.15, 0.2) is 5.65 Å². The number of nitrogens with zero attached hydrogens (tertiary/aromatic N) is 3. The minimum Gasteiger partial charge on any atom is -0.493 e. The molecule has 0 aromatic carbocycles. The third kappa shape index (κ3) is 1.26. The van der Waals surface area contributed by atoms with Crippen LogP contribution in [-0.2, 0) is 0 Å². The van der Waals surface area contributed by atoms with Crippen molar-refractivity contribution in [2.24, 2.45) is 0 Å². The van der Waals surface area contributed by atoms with Crippen molar-refractivity contribution in [3.63, 3.8) is 0 Å². The molecule has 0 radical (unpaired) electrons. The van der Waals surface area contributed by atoms with E-state index in [0.717, 1.165) is 0 Å². The Morgan fingerprint density at radius 3 is 2.91 bits per heavy atom. The number of hydrogen-bond donors (Lipinski definition) is 2. The summed E-state index contributed by atoms with van der Waals surface area (Å²) in [6.45, 7) is 0. The number of hydrogen-bond acceptors (Lipinski definition) is 4. The molecule has 0 amide bonds. The van der Waals surface area contributed by atoms with Gasteiger partial charge in [0.25, 0.3) is 0 Å². The summed E-state index contributed by atoms with van der Waals surface area (Å²) in [5.41, 5.74) is 0.549. The van der Waals surface area contributed by atoms with Crippen LogP contribution in [0.1, 0.15) is 0 Å². The van der Waals surface area contributed by atoms with Gasteiger partial charge in [-0.2, -0.15) is 5.10 Å². The van der Waals surface area contributed by atoms with Gasteiger partial charge in [-0.3, -0.25) is 5.10 Å². The SMILES string of the molecule is Oc1ncnc2[nH]ncc12.[MgH2]. The summed E-state index contributed by atoms with van der Waals surface area (Å²) in [4.78, 5) is 7.38. The highest BCUT2D eigenvalue weighted by atomic mass is 24.3. The lowest BCUT2D eigenvalue weighted by atomic mass is 10.4. The molecule has 0 aliphatic heterocycles. The quantitative estimate of drug-likeness (QED) is 0.495. The van der Waals surface area contributed by atoms with Crippen molar-refractivity contribution in [1.82, 2.24) is 20.2 Å². The lowest BCUT2D eigenvalue weighted by Gasteiger charge is -1.87. The van der Waals surface area contributed by atoms with Crippen molar-refractivity contribution in [1.29, 1.82) is 0 Å². The first-order valence-corrected chi connectivity index (χ1v) is 2.71. The molecule has 0 saturated carbocycles. The van der Waals surface area contributed by atoms with Crippen LogP contribution in [-0.4, -0.2) is 48.3 Å². The molecule has 0 aliphatic rings. The second-order valence-corrected chi connectivity index (χ2v) is 1.83. The molecule has 0 aliphatic carbocycles. The Hall–Kier alpha value is -0.884. The van der Waals surface area contributed by atoms with E-state index in [1.54, 1.807) is 0 Å². The van der Waals surface area contributed by atoms with E-state index in [1.165, 1.54) is 12.5 Å². The van der Waals surface area contributed by atoms with E-state index in [4.69, 9.17) is 5.11 Å². The van der Waals surface area contributed by atoms with E-state index < -0.39 is 0 Å². The van der Waals surface area contributed by atoms with Crippen molar-refractivity contribution in [2.45, 2.75) is 0 Å². The first-order valence-electron chi connectivity index (χ1n) is 2.71. The minimum absolute atomic E-state index is 0. The van der Waals surface area contributed by atoms with Gasteiger partial charge < -0.3 is 5.11 Å². The Kier molecular flexibility index (Phi) is 2.25. The first kappa shape index (κ1) is 8.22. The first-order chi connectivity index (χ1) is 4.88. The molecule has 0 atom stereocenters. The lowest BCUT2D eigenvalue weighted by Crippen LogP contribution is -1.79. The molecule has 2 heterocycles. The van der Waals surface area contributed by atoms with E-state index in [9.17, 15) is 0 Å². The second-order valence-electron chi connectivity index (χ2n) is 1.83. The number of rotatable bonds is 0. The van der Waals surface area contributed by atoms with Gasteiger partial charge in [0.2, 0.25) is 5.88 Å². The zero-order chi connectivity index (χ0) is 6.97. The van der Waals surface area contributed by atoms with Gasteiger partial charge in [-0.1, -0.05) is 0 Å². The van der Waals surface area contributed by atoms with Gasteiger partial charge in [-0.25, -0.2) is 9.97 Å². The summed E-state index contributed by atoms with van der Waals surface area (Å²) in [5.74, 6) is -0.0428. The molecule has 0 saturated heterocycles. The molecular weight excluding hydrogens is 156 g/mol. The monoisotopic (exact) mass is 162 g/mol. The maximum atomic E-state index is 9.05. The number of H-pyrrole nitrogens is 1. The van der Waals surface area contributed by atoms with E-state index in [2.05, 4.69) is 20.2 Å². The van der Waals surface area contributed by atoms with Crippen molar-refractivity contribution in [3.05, 3.63) is 12.5 Å². The van der Waals surface area contributed by atoms with Crippen LogP contribution < -0.4 is 0 Å². The standard InChI is InChI=1S/C5H4N4O.Mg.2H/c10-5-3-1-8-9-4(3)6-2-7-5;;;/h1-2H,(H2,6,7,8,9,10);;;. The normalized spacial score (nSPS) is 9.45. The largest absolute Gasteiger partial charge is 0.493 e. The third-order valence-electron chi connectivity index (χ3n) is 1.23. The number of aromatic nitrogens is 4. The van der Waals surface area contributed by atoms with Gasteiger partial charge in [-0.15, -0.1) is 0 Å². The van der Waals surface area contributed by atoms with Gasteiger partial charge in [0, 0.05) is 0 Å². The average molecular weight is 162 g/mol. The molecule has 2 aromatic rings. The fraction of sp³-hybridized carbons (Fsp3) is 0. The maximum Gasteiger partial charge on any atom is 0.316 e. The van der Waals surface area contributed by atoms with Crippen LogP contribution in [0.15, 0.2) is 12.5 Å². The number of aromatic hydroxyl groups is 1. The molecule has 2 rings (SSSR count). The summed E-state index contributed by atoms with van der Waals surface area (Å²) < 4.78 is 0. The fourth-order valence-electron chi connectivity index (χ4n) is 0.752. The molecule has 2 N–H and O–H groups in total. The molecule has 11 heavy (non-hydrogen) atoms. The van der Waals surface area contributed by atoms with Crippen LogP contribution in [0.2, 0.25) is 0 Å². The molecular formula is C5H6MgN4O. The molecule has 0 unspecified atom stereocenters. The minimum atomic E-state index is -0.0428. The number of nitrogens with one attached hydrogen (secondary N) is 1. The lowest BCUT2D eigenvalue weighted by molar-refractivity contribution is 0.459. The van der Waals surface area contributed by atoms with E-state index >= 15 is 0 Å². The van der Waals surface area contributed by atoms with Gasteiger partial charge in [0.05, 0.1) is 6.20 Å². The zero-order valence-corrected chi connectivity index (χ0v) is 4.94. The van der Waals surface area contributed by atoms with E-state index in [1.807, 2.05) is 0 Å². The fourth-order valence-corrected chi connectivity index (χ4v) is 0.752. The van der Waals surface area contributed by atoms with Gasteiger partial charge >= 0.3 is 23.1 Å².